The molecular weight excluding hydrogens is 218 g/mol. The fourth-order valence-electron chi connectivity index (χ4n) is 1.55. The second-order valence-electron chi connectivity index (χ2n) is 4.10. The van der Waals surface area contributed by atoms with E-state index in [4.69, 9.17) is 0 Å². The number of nitrogens with one attached hydrogen (secondary N) is 1. The lowest BCUT2D eigenvalue weighted by molar-refractivity contribution is 0.606. The van der Waals surface area contributed by atoms with Gasteiger partial charge in [-0.1, -0.05) is 20.3 Å². The number of anilines is 1. The van der Waals surface area contributed by atoms with Gasteiger partial charge in [-0.2, -0.15) is 0 Å². The number of hydrogen-bond donors (Lipinski definition) is 1. The summed E-state index contributed by atoms with van der Waals surface area (Å²) in [7, 11) is 2.12. The first kappa shape index (κ1) is 13.5. The highest BCUT2D eigenvalue weighted by Crippen LogP contribution is 2.26. The van der Waals surface area contributed by atoms with Crippen molar-refractivity contribution in [3.63, 3.8) is 0 Å². The smallest absolute Gasteiger partial charge is 0.185 e. The van der Waals surface area contributed by atoms with Gasteiger partial charge >= 0.3 is 0 Å². The molecule has 1 unspecified atom stereocenters. The van der Waals surface area contributed by atoms with Crippen LogP contribution in [-0.2, 0) is 0 Å². The van der Waals surface area contributed by atoms with Crippen LogP contribution in [-0.4, -0.2) is 25.1 Å². The molecule has 1 N–H and O–H groups in total. The molecule has 1 aromatic rings. The molecule has 0 aliphatic rings. The van der Waals surface area contributed by atoms with Crippen molar-refractivity contribution in [2.24, 2.45) is 0 Å². The largest absolute Gasteiger partial charge is 0.351 e. The molecule has 0 saturated heterocycles. The molecule has 1 aromatic heterocycles. The fraction of sp³-hybridized carbons (Fsp3) is 0.750. The molecule has 1 atom stereocenters. The second-order valence-corrected chi connectivity index (χ2v) is 5.14. The second kappa shape index (κ2) is 6.86. The molecule has 0 radical (unpaired) electrons. The van der Waals surface area contributed by atoms with Gasteiger partial charge in [-0.05, 0) is 19.9 Å². The van der Waals surface area contributed by atoms with Crippen molar-refractivity contribution in [2.45, 2.75) is 39.7 Å². The Morgan fingerprint density at radius 3 is 2.88 bits per heavy atom. The van der Waals surface area contributed by atoms with Gasteiger partial charge in [0.2, 0.25) is 0 Å². The molecule has 16 heavy (non-hydrogen) atoms. The Kier molecular flexibility index (Phi) is 5.77. The van der Waals surface area contributed by atoms with Crippen LogP contribution >= 0.6 is 11.3 Å². The van der Waals surface area contributed by atoms with Crippen LogP contribution in [0.4, 0.5) is 5.13 Å². The lowest BCUT2D eigenvalue weighted by Gasteiger charge is -2.14. The van der Waals surface area contributed by atoms with Crippen LogP contribution in [0, 0.1) is 0 Å². The van der Waals surface area contributed by atoms with Crippen molar-refractivity contribution in [3.8, 4) is 0 Å². The van der Waals surface area contributed by atoms with Crippen LogP contribution < -0.4 is 10.2 Å². The van der Waals surface area contributed by atoms with E-state index in [2.05, 4.69) is 43.0 Å². The number of nitrogens with zero attached hydrogens (tertiary/aromatic N) is 2. The first-order valence-corrected chi connectivity index (χ1v) is 6.90. The predicted molar refractivity (Wildman–Crippen MR) is 72.4 cm³/mol. The predicted octanol–water partition coefficient (Wildman–Crippen LogP) is 3.05. The van der Waals surface area contributed by atoms with E-state index in [1.807, 2.05) is 6.20 Å². The van der Waals surface area contributed by atoms with Crippen LogP contribution in [0.3, 0.4) is 0 Å². The Labute approximate surface area is 103 Å². The highest BCUT2D eigenvalue weighted by atomic mass is 32.1. The van der Waals surface area contributed by atoms with Crippen molar-refractivity contribution in [1.82, 2.24) is 10.3 Å². The Balaban J connectivity index is 2.56. The van der Waals surface area contributed by atoms with Gasteiger partial charge in [0, 0.05) is 30.7 Å². The molecule has 0 fully saturated rings. The Morgan fingerprint density at radius 2 is 2.25 bits per heavy atom. The fourth-order valence-corrected chi connectivity index (χ4v) is 2.48. The average Bonchev–Trinajstić information content (AvgIpc) is 2.75. The molecule has 0 aromatic carbocycles. The van der Waals surface area contributed by atoms with Gasteiger partial charge < -0.3 is 10.2 Å². The molecule has 3 nitrogen and oxygen atoms in total. The average molecular weight is 241 g/mol. The molecule has 0 saturated carbocycles. The lowest BCUT2D eigenvalue weighted by atomic mass is 10.3. The van der Waals surface area contributed by atoms with Crippen molar-refractivity contribution < 1.29 is 0 Å². The van der Waals surface area contributed by atoms with E-state index in [1.165, 1.54) is 17.7 Å². The zero-order valence-corrected chi connectivity index (χ0v) is 11.6. The summed E-state index contributed by atoms with van der Waals surface area (Å²) in [5, 5.41) is 4.54. The third-order valence-corrected chi connectivity index (χ3v) is 3.92. The number of unbranched alkanes of at least 4 members (excludes halogenated alkanes) is 1. The van der Waals surface area contributed by atoms with E-state index in [1.54, 1.807) is 11.3 Å². The van der Waals surface area contributed by atoms with E-state index < -0.39 is 0 Å². The molecule has 0 bridgehead atoms. The van der Waals surface area contributed by atoms with E-state index in [-0.39, 0.29) is 0 Å². The van der Waals surface area contributed by atoms with E-state index in [9.17, 15) is 0 Å². The minimum Gasteiger partial charge on any atom is -0.351 e. The molecule has 4 heteroatoms. The minimum atomic E-state index is 0.413. The topological polar surface area (TPSA) is 28.2 Å². The van der Waals surface area contributed by atoms with Gasteiger partial charge in [-0.25, -0.2) is 4.98 Å². The van der Waals surface area contributed by atoms with Gasteiger partial charge in [-0.3, -0.25) is 0 Å². The maximum Gasteiger partial charge on any atom is 0.185 e. The summed E-state index contributed by atoms with van der Waals surface area (Å²) in [6, 6.07) is 0.413. The van der Waals surface area contributed by atoms with Crippen molar-refractivity contribution >= 4 is 16.5 Å². The Morgan fingerprint density at radius 1 is 1.50 bits per heavy atom. The summed E-state index contributed by atoms with van der Waals surface area (Å²) in [5.74, 6) is 0. The summed E-state index contributed by atoms with van der Waals surface area (Å²) in [6.07, 6.45) is 4.46. The van der Waals surface area contributed by atoms with Gasteiger partial charge in [0.25, 0.3) is 0 Å². The van der Waals surface area contributed by atoms with Crippen molar-refractivity contribution in [2.75, 3.05) is 25.0 Å². The summed E-state index contributed by atoms with van der Waals surface area (Å²) in [6.45, 7) is 8.63. The van der Waals surface area contributed by atoms with Crippen LogP contribution in [0.5, 0.6) is 0 Å². The molecular formula is C12H23N3S. The minimum absolute atomic E-state index is 0.413. The molecule has 0 amide bonds. The SMILES string of the molecule is CCCCN(C)c1ncc(C(C)NCC)s1. The maximum absolute atomic E-state index is 4.48. The van der Waals surface area contributed by atoms with Crippen LogP contribution in [0.1, 0.15) is 44.5 Å². The number of thiazole rings is 1. The van der Waals surface area contributed by atoms with Gasteiger partial charge in [-0.15, -0.1) is 11.3 Å². The summed E-state index contributed by atoms with van der Waals surface area (Å²) >= 11 is 1.79. The summed E-state index contributed by atoms with van der Waals surface area (Å²) in [5.41, 5.74) is 0. The highest BCUT2D eigenvalue weighted by molar-refractivity contribution is 7.15. The standard InChI is InChI=1S/C12H23N3S/c1-5-7-8-15(4)12-14-9-11(16-12)10(3)13-6-2/h9-10,13H,5-8H2,1-4H3. The maximum atomic E-state index is 4.48. The van der Waals surface area contributed by atoms with Crippen molar-refractivity contribution in [3.05, 3.63) is 11.1 Å². The van der Waals surface area contributed by atoms with E-state index in [0.717, 1.165) is 18.2 Å². The third-order valence-electron chi connectivity index (χ3n) is 2.62. The number of aromatic nitrogens is 1. The summed E-state index contributed by atoms with van der Waals surface area (Å²) < 4.78 is 0. The van der Waals surface area contributed by atoms with E-state index in [0.29, 0.717) is 6.04 Å². The quantitative estimate of drug-likeness (QED) is 0.795. The van der Waals surface area contributed by atoms with Gasteiger partial charge in [0.15, 0.2) is 5.13 Å². The van der Waals surface area contributed by atoms with Crippen molar-refractivity contribution in [1.29, 1.82) is 0 Å². The van der Waals surface area contributed by atoms with Crippen LogP contribution in [0.2, 0.25) is 0 Å². The number of hydrogen-bond acceptors (Lipinski definition) is 4. The molecule has 92 valence electrons. The Hall–Kier alpha value is -0.610. The summed E-state index contributed by atoms with van der Waals surface area (Å²) in [4.78, 5) is 8.04. The molecule has 0 spiro atoms. The van der Waals surface area contributed by atoms with Crippen LogP contribution in [0.15, 0.2) is 6.20 Å². The first-order chi connectivity index (χ1) is 7.69. The first-order valence-electron chi connectivity index (χ1n) is 6.09. The molecule has 0 aliphatic heterocycles. The van der Waals surface area contributed by atoms with E-state index >= 15 is 0 Å². The highest BCUT2D eigenvalue weighted by Gasteiger charge is 2.10. The molecule has 1 heterocycles. The zero-order chi connectivity index (χ0) is 12.0. The Bertz CT molecular complexity index is 298. The monoisotopic (exact) mass is 241 g/mol. The lowest BCUT2D eigenvalue weighted by Crippen LogP contribution is -2.18. The normalized spacial score (nSPS) is 12.8. The molecule has 1 rings (SSSR count). The third kappa shape index (κ3) is 3.76. The van der Waals surface area contributed by atoms with Gasteiger partial charge in [0.1, 0.15) is 0 Å². The van der Waals surface area contributed by atoms with Gasteiger partial charge in [0.05, 0.1) is 0 Å². The molecule has 0 aliphatic carbocycles. The van der Waals surface area contributed by atoms with Crippen LogP contribution in [0.25, 0.3) is 0 Å². The number of rotatable bonds is 7. The zero-order valence-electron chi connectivity index (χ0n) is 10.8.